The molecule has 1 aromatic rings. The summed E-state index contributed by atoms with van der Waals surface area (Å²) in [6.45, 7) is 6.35. The molecule has 0 aromatic heterocycles. The van der Waals surface area contributed by atoms with Gasteiger partial charge in [0.05, 0.1) is 5.60 Å². The molecule has 2 fully saturated rings. The predicted octanol–water partition coefficient (Wildman–Crippen LogP) is 2.50. The molecule has 0 bridgehead atoms. The van der Waals surface area contributed by atoms with Crippen LogP contribution in [0.3, 0.4) is 0 Å². The van der Waals surface area contributed by atoms with Gasteiger partial charge in [-0.2, -0.15) is 0 Å². The molecule has 1 saturated carbocycles. The first kappa shape index (κ1) is 15.0. The zero-order valence-corrected chi connectivity index (χ0v) is 13.0. The van der Waals surface area contributed by atoms with E-state index in [9.17, 15) is 5.11 Å². The van der Waals surface area contributed by atoms with Crippen molar-refractivity contribution in [2.24, 2.45) is 0 Å². The van der Waals surface area contributed by atoms with E-state index in [0.29, 0.717) is 0 Å². The number of piperazine rings is 1. The van der Waals surface area contributed by atoms with Crippen molar-refractivity contribution in [1.29, 1.82) is 0 Å². The Morgan fingerprint density at radius 2 is 1.48 bits per heavy atom. The molecule has 0 spiro atoms. The molecule has 0 atom stereocenters. The normalized spacial score (nSPS) is 24.0. The van der Waals surface area contributed by atoms with Gasteiger partial charge in [-0.05, 0) is 18.4 Å². The van der Waals surface area contributed by atoms with Gasteiger partial charge in [-0.1, -0.05) is 49.6 Å². The second kappa shape index (κ2) is 6.91. The van der Waals surface area contributed by atoms with Crippen LogP contribution in [0, 0.1) is 0 Å². The lowest BCUT2D eigenvalue weighted by Crippen LogP contribution is -2.52. The third-order valence-corrected chi connectivity index (χ3v) is 5.02. The average molecular weight is 288 g/mol. The minimum atomic E-state index is -0.403. The molecular formula is C18H28N2O. The van der Waals surface area contributed by atoms with Gasteiger partial charge in [0.2, 0.25) is 0 Å². The molecule has 3 heteroatoms. The lowest BCUT2D eigenvalue weighted by Gasteiger charge is -2.41. The van der Waals surface area contributed by atoms with Gasteiger partial charge >= 0.3 is 0 Å². The Bertz CT molecular complexity index is 420. The van der Waals surface area contributed by atoms with Crippen molar-refractivity contribution in [2.45, 2.75) is 44.2 Å². The fraction of sp³-hybridized carbons (Fsp3) is 0.667. The topological polar surface area (TPSA) is 26.7 Å². The second-order valence-electron chi connectivity index (χ2n) is 6.82. The molecule has 1 heterocycles. The van der Waals surface area contributed by atoms with E-state index >= 15 is 0 Å². The second-order valence-corrected chi connectivity index (χ2v) is 6.82. The van der Waals surface area contributed by atoms with Crippen LogP contribution in [-0.4, -0.2) is 53.2 Å². The minimum absolute atomic E-state index is 0.403. The summed E-state index contributed by atoms with van der Waals surface area (Å²) in [6.07, 6.45) is 5.69. The molecule has 3 nitrogen and oxygen atoms in total. The molecular weight excluding hydrogens is 260 g/mol. The van der Waals surface area contributed by atoms with Crippen molar-refractivity contribution in [1.82, 2.24) is 9.80 Å². The lowest BCUT2D eigenvalue weighted by molar-refractivity contribution is -0.0359. The van der Waals surface area contributed by atoms with Crippen LogP contribution in [0.15, 0.2) is 30.3 Å². The summed E-state index contributed by atoms with van der Waals surface area (Å²) in [7, 11) is 0. The van der Waals surface area contributed by atoms with E-state index in [4.69, 9.17) is 0 Å². The number of nitrogens with zero attached hydrogens (tertiary/aromatic N) is 2. The average Bonchev–Trinajstić information content (AvgIpc) is 2.51. The van der Waals surface area contributed by atoms with Crippen molar-refractivity contribution in [2.75, 3.05) is 32.7 Å². The summed E-state index contributed by atoms with van der Waals surface area (Å²) in [5.74, 6) is 0. The third-order valence-electron chi connectivity index (χ3n) is 5.02. The maximum absolute atomic E-state index is 10.7. The minimum Gasteiger partial charge on any atom is -0.389 e. The van der Waals surface area contributed by atoms with E-state index in [2.05, 4.69) is 40.1 Å². The van der Waals surface area contributed by atoms with E-state index in [1.165, 1.54) is 24.8 Å². The van der Waals surface area contributed by atoms with Crippen LogP contribution in [0.5, 0.6) is 0 Å². The number of β-amino-alcohol motifs (C(OH)–C–C–N with tert-alkyl or cyclic N) is 1. The fourth-order valence-corrected chi connectivity index (χ4v) is 3.73. The van der Waals surface area contributed by atoms with Gasteiger partial charge in [-0.3, -0.25) is 9.80 Å². The lowest BCUT2D eigenvalue weighted by atomic mass is 9.84. The van der Waals surface area contributed by atoms with Crippen molar-refractivity contribution in [3.05, 3.63) is 35.9 Å². The van der Waals surface area contributed by atoms with Gasteiger partial charge in [0.25, 0.3) is 0 Å². The fourth-order valence-electron chi connectivity index (χ4n) is 3.73. The Morgan fingerprint density at radius 3 is 2.14 bits per heavy atom. The van der Waals surface area contributed by atoms with E-state index in [1.807, 2.05) is 0 Å². The SMILES string of the molecule is OC1(CN2CCN(Cc3ccccc3)CC2)CCCCC1. The standard InChI is InChI=1S/C18H28N2O/c21-18(9-5-2-6-10-18)16-20-13-11-19(12-14-20)15-17-7-3-1-4-8-17/h1,3-4,7-8,21H,2,5-6,9-16H2. The number of aliphatic hydroxyl groups is 1. The monoisotopic (exact) mass is 288 g/mol. The van der Waals surface area contributed by atoms with Crippen molar-refractivity contribution < 1.29 is 5.11 Å². The zero-order chi connectivity index (χ0) is 14.5. The van der Waals surface area contributed by atoms with Crippen molar-refractivity contribution in [3.8, 4) is 0 Å². The van der Waals surface area contributed by atoms with Crippen LogP contribution in [-0.2, 0) is 6.54 Å². The predicted molar refractivity (Wildman–Crippen MR) is 86.2 cm³/mol. The Hall–Kier alpha value is -0.900. The number of rotatable bonds is 4. The quantitative estimate of drug-likeness (QED) is 0.922. The van der Waals surface area contributed by atoms with E-state index in [0.717, 1.165) is 52.1 Å². The van der Waals surface area contributed by atoms with Crippen LogP contribution in [0.4, 0.5) is 0 Å². The molecule has 1 aliphatic carbocycles. The van der Waals surface area contributed by atoms with Crippen molar-refractivity contribution >= 4 is 0 Å². The molecule has 0 amide bonds. The van der Waals surface area contributed by atoms with Gasteiger partial charge in [-0.25, -0.2) is 0 Å². The summed E-state index contributed by atoms with van der Waals surface area (Å²) in [4.78, 5) is 4.99. The molecule has 2 aliphatic rings. The number of benzene rings is 1. The van der Waals surface area contributed by atoms with Crippen LogP contribution in [0.25, 0.3) is 0 Å². The largest absolute Gasteiger partial charge is 0.389 e. The smallest absolute Gasteiger partial charge is 0.0774 e. The summed E-state index contributed by atoms with van der Waals surface area (Å²) in [6, 6.07) is 10.7. The number of hydrogen-bond donors (Lipinski definition) is 1. The highest BCUT2D eigenvalue weighted by Crippen LogP contribution is 2.29. The first-order valence-corrected chi connectivity index (χ1v) is 8.45. The van der Waals surface area contributed by atoms with Crippen LogP contribution >= 0.6 is 0 Å². The van der Waals surface area contributed by atoms with Crippen LogP contribution < -0.4 is 0 Å². The van der Waals surface area contributed by atoms with Gasteiger partial charge in [0, 0.05) is 39.3 Å². The Kier molecular flexibility index (Phi) is 4.94. The maximum Gasteiger partial charge on any atom is 0.0774 e. The molecule has 116 valence electrons. The highest BCUT2D eigenvalue weighted by molar-refractivity contribution is 5.14. The van der Waals surface area contributed by atoms with Crippen LogP contribution in [0.2, 0.25) is 0 Å². The maximum atomic E-state index is 10.7. The first-order valence-electron chi connectivity index (χ1n) is 8.45. The van der Waals surface area contributed by atoms with E-state index in [1.54, 1.807) is 0 Å². The summed E-state index contributed by atoms with van der Waals surface area (Å²) < 4.78 is 0. The third kappa shape index (κ3) is 4.29. The van der Waals surface area contributed by atoms with Gasteiger partial charge in [-0.15, -0.1) is 0 Å². The molecule has 1 saturated heterocycles. The summed E-state index contributed by atoms with van der Waals surface area (Å²) in [5.41, 5.74) is 0.997. The Labute approximate surface area is 128 Å². The van der Waals surface area contributed by atoms with Crippen LogP contribution in [0.1, 0.15) is 37.7 Å². The highest BCUT2D eigenvalue weighted by Gasteiger charge is 2.32. The van der Waals surface area contributed by atoms with Crippen molar-refractivity contribution in [3.63, 3.8) is 0 Å². The number of hydrogen-bond acceptors (Lipinski definition) is 3. The van der Waals surface area contributed by atoms with Gasteiger partial charge in [0.15, 0.2) is 0 Å². The molecule has 0 unspecified atom stereocenters. The van der Waals surface area contributed by atoms with E-state index < -0.39 is 5.60 Å². The molecule has 1 N–H and O–H groups in total. The summed E-state index contributed by atoms with van der Waals surface area (Å²) in [5, 5.41) is 10.7. The van der Waals surface area contributed by atoms with E-state index in [-0.39, 0.29) is 0 Å². The Morgan fingerprint density at radius 1 is 0.857 bits per heavy atom. The molecule has 1 aliphatic heterocycles. The highest BCUT2D eigenvalue weighted by atomic mass is 16.3. The Balaban J connectivity index is 1.44. The molecule has 3 rings (SSSR count). The first-order chi connectivity index (χ1) is 10.2. The summed E-state index contributed by atoms with van der Waals surface area (Å²) >= 11 is 0. The van der Waals surface area contributed by atoms with Gasteiger partial charge < -0.3 is 5.11 Å². The molecule has 1 aromatic carbocycles. The molecule has 0 radical (unpaired) electrons. The zero-order valence-electron chi connectivity index (χ0n) is 13.0. The van der Waals surface area contributed by atoms with Gasteiger partial charge in [0.1, 0.15) is 0 Å². The molecule has 21 heavy (non-hydrogen) atoms.